The molecule has 90 valence electrons. The van der Waals surface area contributed by atoms with Gasteiger partial charge in [-0.2, -0.15) is 5.11 Å². The van der Waals surface area contributed by atoms with Crippen LogP contribution in [0.3, 0.4) is 0 Å². The average molecular weight is 231 g/mol. The molecule has 0 radical (unpaired) electrons. The van der Waals surface area contributed by atoms with Gasteiger partial charge in [0.25, 0.3) is 0 Å². The van der Waals surface area contributed by atoms with Gasteiger partial charge in [-0.25, -0.2) is 0 Å². The van der Waals surface area contributed by atoms with Crippen LogP contribution in [-0.2, 0) is 0 Å². The molecule has 0 saturated carbocycles. The highest BCUT2D eigenvalue weighted by molar-refractivity contribution is 5.50. The standard InChI is InChI=1S/C12H17N5/c1-13-10-4-6-11(7-5-10)14-15-12-16(2)8-9-17(12)3/h4-9,12-13H,1-3H3. The van der Waals surface area contributed by atoms with Crippen molar-refractivity contribution in [2.75, 3.05) is 26.5 Å². The molecule has 1 aliphatic rings. The van der Waals surface area contributed by atoms with E-state index in [1.807, 2.05) is 67.6 Å². The Bertz CT molecular complexity index is 411. The minimum Gasteiger partial charge on any atom is -0.388 e. The van der Waals surface area contributed by atoms with Crippen LogP contribution in [0.2, 0.25) is 0 Å². The molecule has 0 fully saturated rings. The quantitative estimate of drug-likeness (QED) is 0.812. The number of nitrogens with zero attached hydrogens (tertiary/aromatic N) is 4. The van der Waals surface area contributed by atoms with Crippen molar-refractivity contribution in [3.8, 4) is 0 Å². The predicted octanol–water partition coefficient (Wildman–Crippen LogP) is 2.44. The minimum atomic E-state index is -0.0426. The molecular formula is C12H17N5. The van der Waals surface area contributed by atoms with Gasteiger partial charge in [0.15, 0.2) is 0 Å². The van der Waals surface area contributed by atoms with Crippen LogP contribution in [0.5, 0.6) is 0 Å². The molecule has 0 unspecified atom stereocenters. The second-order valence-corrected chi connectivity index (χ2v) is 3.99. The summed E-state index contributed by atoms with van der Waals surface area (Å²) in [6.45, 7) is 0. The Morgan fingerprint density at radius 3 is 2.18 bits per heavy atom. The molecule has 0 saturated heterocycles. The van der Waals surface area contributed by atoms with Gasteiger partial charge in [-0.15, -0.1) is 5.11 Å². The third-order valence-corrected chi connectivity index (χ3v) is 2.70. The van der Waals surface area contributed by atoms with Crippen molar-refractivity contribution < 1.29 is 0 Å². The third kappa shape index (κ3) is 2.55. The fourth-order valence-corrected chi connectivity index (χ4v) is 1.63. The van der Waals surface area contributed by atoms with Gasteiger partial charge in [0, 0.05) is 39.2 Å². The van der Waals surface area contributed by atoms with Crippen LogP contribution in [0.25, 0.3) is 0 Å². The Labute approximate surface area is 101 Å². The minimum absolute atomic E-state index is 0.0426. The first-order valence-corrected chi connectivity index (χ1v) is 5.51. The first-order valence-electron chi connectivity index (χ1n) is 5.51. The van der Waals surface area contributed by atoms with Crippen molar-refractivity contribution in [3.05, 3.63) is 36.7 Å². The van der Waals surface area contributed by atoms with Crippen molar-refractivity contribution in [2.24, 2.45) is 10.2 Å². The lowest BCUT2D eigenvalue weighted by atomic mass is 10.3. The van der Waals surface area contributed by atoms with E-state index in [1.165, 1.54) is 0 Å². The van der Waals surface area contributed by atoms with Crippen molar-refractivity contribution in [3.63, 3.8) is 0 Å². The highest BCUT2D eigenvalue weighted by atomic mass is 15.5. The molecule has 2 rings (SSSR count). The lowest BCUT2D eigenvalue weighted by Crippen LogP contribution is -2.31. The topological polar surface area (TPSA) is 43.2 Å². The summed E-state index contributed by atoms with van der Waals surface area (Å²) in [5.41, 5.74) is 1.93. The van der Waals surface area contributed by atoms with Crippen LogP contribution in [0.1, 0.15) is 0 Å². The number of rotatable bonds is 3. The molecule has 17 heavy (non-hydrogen) atoms. The Morgan fingerprint density at radius 2 is 1.65 bits per heavy atom. The number of nitrogens with one attached hydrogen (secondary N) is 1. The van der Waals surface area contributed by atoms with E-state index in [1.54, 1.807) is 0 Å². The van der Waals surface area contributed by atoms with Gasteiger partial charge >= 0.3 is 0 Å². The third-order valence-electron chi connectivity index (χ3n) is 2.70. The molecule has 5 nitrogen and oxygen atoms in total. The van der Waals surface area contributed by atoms with Gasteiger partial charge in [-0.3, -0.25) is 0 Å². The van der Waals surface area contributed by atoms with E-state index in [2.05, 4.69) is 15.5 Å². The highest BCUT2D eigenvalue weighted by Gasteiger charge is 2.18. The van der Waals surface area contributed by atoms with Gasteiger partial charge in [0.2, 0.25) is 6.29 Å². The van der Waals surface area contributed by atoms with E-state index < -0.39 is 0 Å². The number of azo groups is 1. The second kappa shape index (κ2) is 4.86. The van der Waals surface area contributed by atoms with E-state index in [9.17, 15) is 0 Å². The number of hydrogen-bond donors (Lipinski definition) is 1. The Morgan fingerprint density at radius 1 is 1.06 bits per heavy atom. The maximum atomic E-state index is 4.30. The summed E-state index contributed by atoms with van der Waals surface area (Å²) in [7, 11) is 5.85. The van der Waals surface area contributed by atoms with Crippen LogP contribution < -0.4 is 5.32 Å². The van der Waals surface area contributed by atoms with Gasteiger partial charge in [0.05, 0.1) is 5.69 Å². The molecule has 1 aromatic rings. The lowest BCUT2D eigenvalue weighted by molar-refractivity contribution is 0.206. The summed E-state index contributed by atoms with van der Waals surface area (Å²) < 4.78 is 0. The van der Waals surface area contributed by atoms with E-state index in [-0.39, 0.29) is 6.29 Å². The molecule has 1 N–H and O–H groups in total. The zero-order chi connectivity index (χ0) is 12.3. The van der Waals surface area contributed by atoms with E-state index >= 15 is 0 Å². The Hall–Kier alpha value is -2.04. The first kappa shape index (κ1) is 11.4. The molecule has 0 amide bonds. The van der Waals surface area contributed by atoms with Crippen molar-refractivity contribution in [1.29, 1.82) is 0 Å². The molecule has 1 aromatic carbocycles. The molecule has 1 aliphatic heterocycles. The zero-order valence-electron chi connectivity index (χ0n) is 10.3. The molecule has 0 bridgehead atoms. The molecule has 0 aromatic heterocycles. The maximum Gasteiger partial charge on any atom is 0.217 e. The number of benzene rings is 1. The van der Waals surface area contributed by atoms with Gasteiger partial charge in [0.1, 0.15) is 0 Å². The largest absolute Gasteiger partial charge is 0.388 e. The van der Waals surface area contributed by atoms with Crippen LogP contribution in [0.15, 0.2) is 46.9 Å². The van der Waals surface area contributed by atoms with Crippen LogP contribution in [0, 0.1) is 0 Å². The number of hydrogen-bond acceptors (Lipinski definition) is 5. The van der Waals surface area contributed by atoms with Crippen molar-refractivity contribution >= 4 is 11.4 Å². The van der Waals surface area contributed by atoms with E-state index in [0.29, 0.717) is 0 Å². The van der Waals surface area contributed by atoms with Crippen LogP contribution in [-0.4, -0.2) is 37.2 Å². The summed E-state index contributed by atoms with van der Waals surface area (Å²) in [4.78, 5) is 4.01. The normalized spacial score (nSPS) is 16.2. The fraction of sp³-hybridized carbons (Fsp3) is 0.333. The second-order valence-electron chi connectivity index (χ2n) is 3.99. The average Bonchev–Trinajstić information content (AvgIpc) is 2.67. The van der Waals surface area contributed by atoms with Gasteiger partial charge in [-0.05, 0) is 24.3 Å². The van der Waals surface area contributed by atoms with Gasteiger partial charge < -0.3 is 15.1 Å². The Balaban J connectivity index is 2.04. The monoisotopic (exact) mass is 231 g/mol. The Kier molecular flexibility index (Phi) is 3.27. The summed E-state index contributed by atoms with van der Waals surface area (Å²) >= 11 is 0. The molecule has 0 spiro atoms. The zero-order valence-corrected chi connectivity index (χ0v) is 10.3. The summed E-state index contributed by atoms with van der Waals surface area (Å²) in [6, 6.07) is 7.85. The molecule has 0 aliphatic carbocycles. The van der Waals surface area contributed by atoms with Crippen LogP contribution in [0.4, 0.5) is 11.4 Å². The van der Waals surface area contributed by atoms with E-state index in [0.717, 1.165) is 11.4 Å². The lowest BCUT2D eigenvalue weighted by Gasteiger charge is -2.21. The maximum absolute atomic E-state index is 4.30. The van der Waals surface area contributed by atoms with Crippen molar-refractivity contribution in [1.82, 2.24) is 9.80 Å². The molecule has 0 atom stereocenters. The predicted molar refractivity (Wildman–Crippen MR) is 69.0 cm³/mol. The SMILES string of the molecule is CNc1ccc(N=NC2N(C)C=CN2C)cc1. The van der Waals surface area contributed by atoms with Gasteiger partial charge in [-0.1, -0.05) is 0 Å². The fourth-order valence-electron chi connectivity index (χ4n) is 1.63. The number of anilines is 1. The van der Waals surface area contributed by atoms with Crippen molar-refractivity contribution in [2.45, 2.75) is 6.29 Å². The molecule has 1 heterocycles. The summed E-state index contributed by atoms with van der Waals surface area (Å²) in [5, 5.41) is 11.6. The molecule has 5 heteroatoms. The highest BCUT2D eigenvalue weighted by Crippen LogP contribution is 2.19. The summed E-state index contributed by atoms with van der Waals surface area (Å²) in [6.07, 6.45) is 3.92. The molecular weight excluding hydrogens is 214 g/mol. The van der Waals surface area contributed by atoms with E-state index in [4.69, 9.17) is 0 Å². The van der Waals surface area contributed by atoms with Crippen LogP contribution >= 0.6 is 0 Å². The summed E-state index contributed by atoms with van der Waals surface area (Å²) in [5.74, 6) is 0. The smallest absolute Gasteiger partial charge is 0.217 e. The first-order chi connectivity index (χ1) is 8.20.